The fraction of sp³-hybridized carbons (Fsp3) is 0.350. The number of carbonyl (C=O) groups is 1. The number of nitrogens with one attached hydrogen (secondary N) is 1. The van der Waals surface area contributed by atoms with Gasteiger partial charge in [0.05, 0.1) is 11.4 Å². The molecule has 1 fully saturated rings. The number of rotatable bonds is 6. The second-order valence-electron chi connectivity index (χ2n) is 6.11. The third kappa shape index (κ3) is 4.78. The van der Waals surface area contributed by atoms with Gasteiger partial charge >= 0.3 is 0 Å². The molecule has 1 aliphatic carbocycles. The molecule has 3 nitrogen and oxygen atoms in total. The molecular formula is C20H23NO2S. The van der Waals surface area contributed by atoms with Gasteiger partial charge in [0, 0.05) is 10.6 Å². The van der Waals surface area contributed by atoms with Crippen molar-refractivity contribution >= 4 is 23.4 Å². The van der Waals surface area contributed by atoms with E-state index in [0.29, 0.717) is 6.10 Å². The number of thioether (sulfide) groups is 1. The Balaban J connectivity index is 1.52. The largest absolute Gasteiger partial charge is 0.490 e. The third-order valence-corrected chi connectivity index (χ3v) is 5.26. The zero-order chi connectivity index (χ0) is 16.8. The van der Waals surface area contributed by atoms with Crippen LogP contribution >= 0.6 is 11.8 Å². The predicted octanol–water partition coefficient (Wildman–Crippen LogP) is 5.13. The second kappa shape index (κ2) is 8.25. The van der Waals surface area contributed by atoms with E-state index in [1.807, 2.05) is 61.5 Å². The lowest BCUT2D eigenvalue weighted by Gasteiger charge is -2.14. The van der Waals surface area contributed by atoms with Gasteiger partial charge in [-0.15, -0.1) is 11.8 Å². The van der Waals surface area contributed by atoms with Crippen molar-refractivity contribution in [2.75, 3.05) is 5.32 Å². The first-order valence-electron chi connectivity index (χ1n) is 8.50. The predicted molar refractivity (Wildman–Crippen MR) is 99.7 cm³/mol. The molecule has 1 aliphatic rings. The van der Waals surface area contributed by atoms with Crippen molar-refractivity contribution in [3.8, 4) is 5.75 Å². The van der Waals surface area contributed by atoms with Crippen molar-refractivity contribution in [1.82, 2.24) is 0 Å². The lowest BCUT2D eigenvalue weighted by molar-refractivity contribution is -0.115. The summed E-state index contributed by atoms with van der Waals surface area (Å²) in [6.45, 7) is 1.92. The molecular weight excluding hydrogens is 318 g/mol. The minimum Gasteiger partial charge on any atom is -0.490 e. The van der Waals surface area contributed by atoms with Gasteiger partial charge in [0.1, 0.15) is 5.75 Å². The maximum Gasteiger partial charge on any atom is 0.237 e. The second-order valence-corrected chi connectivity index (χ2v) is 7.53. The minimum absolute atomic E-state index is 0.00770. The quantitative estimate of drug-likeness (QED) is 0.741. The molecule has 4 heteroatoms. The maximum absolute atomic E-state index is 12.3. The van der Waals surface area contributed by atoms with Crippen LogP contribution in [0.5, 0.6) is 5.75 Å². The first-order valence-corrected chi connectivity index (χ1v) is 9.38. The van der Waals surface area contributed by atoms with E-state index < -0.39 is 0 Å². The van der Waals surface area contributed by atoms with Gasteiger partial charge < -0.3 is 10.1 Å². The van der Waals surface area contributed by atoms with E-state index in [-0.39, 0.29) is 11.2 Å². The van der Waals surface area contributed by atoms with Crippen molar-refractivity contribution in [2.45, 2.75) is 48.9 Å². The topological polar surface area (TPSA) is 38.3 Å². The van der Waals surface area contributed by atoms with Gasteiger partial charge in [-0.05, 0) is 69.0 Å². The number of hydrogen-bond acceptors (Lipinski definition) is 3. The first kappa shape index (κ1) is 16.9. The van der Waals surface area contributed by atoms with E-state index >= 15 is 0 Å². The maximum atomic E-state index is 12.3. The lowest BCUT2D eigenvalue weighted by Crippen LogP contribution is -2.22. The Morgan fingerprint density at radius 1 is 1.08 bits per heavy atom. The van der Waals surface area contributed by atoms with Crippen LogP contribution in [0.15, 0.2) is 59.5 Å². The summed E-state index contributed by atoms with van der Waals surface area (Å²) >= 11 is 1.56. The Bertz CT molecular complexity index is 651. The van der Waals surface area contributed by atoms with Gasteiger partial charge in [0.15, 0.2) is 0 Å². The average Bonchev–Trinajstić information content (AvgIpc) is 3.10. The van der Waals surface area contributed by atoms with Crippen LogP contribution < -0.4 is 10.1 Å². The molecule has 0 aromatic heterocycles. The summed E-state index contributed by atoms with van der Waals surface area (Å²) in [5.41, 5.74) is 0.805. The molecule has 2 aromatic carbocycles. The number of hydrogen-bond donors (Lipinski definition) is 1. The number of anilines is 1. The molecule has 3 rings (SSSR count). The number of benzene rings is 2. The van der Waals surface area contributed by atoms with Gasteiger partial charge in [-0.3, -0.25) is 4.79 Å². The summed E-state index contributed by atoms with van der Waals surface area (Å²) in [6, 6.07) is 17.7. The monoisotopic (exact) mass is 341 g/mol. The molecule has 126 valence electrons. The highest BCUT2D eigenvalue weighted by Crippen LogP contribution is 2.26. The molecule has 24 heavy (non-hydrogen) atoms. The molecule has 0 spiro atoms. The number of amides is 1. The van der Waals surface area contributed by atoms with Crippen molar-refractivity contribution < 1.29 is 9.53 Å². The van der Waals surface area contributed by atoms with Crippen LogP contribution in [-0.4, -0.2) is 17.3 Å². The number of carbonyl (C=O) groups excluding carboxylic acids is 1. The molecule has 0 bridgehead atoms. The molecule has 1 saturated carbocycles. The Morgan fingerprint density at radius 2 is 1.75 bits per heavy atom. The van der Waals surface area contributed by atoms with Gasteiger partial charge in [-0.25, -0.2) is 0 Å². The van der Waals surface area contributed by atoms with E-state index in [1.165, 1.54) is 12.8 Å². The molecule has 2 aromatic rings. The fourth-order valence-electron chi connectivity index (χ4n) is 2.82. The highest BCUT2D eigenvalue weighted by atomic mass is 32.2. The Kier molecular flexibility index (Phi) is 5.81. The lowest BCUT2D eigenvalue weighted by atomic mass is 10.2. The normalized spacial score (nSPS) is 15.9. The summed E-state index contributed by atoms with van der Waals surface area (Å²) in [6.07, 6.45) is 5.16. The van der Waals surface area contributed by atoms with Crippen LogP contribution in [0.3, 0.4) is 0 Å². The summed E-state index contributed by atoms with van der Waals surface area (Å²) < 4.78 is 5.94. The average molecular weight is 341 g/mol. The van der Waals surface area contributed by atoms with Crippen molar-refractivity contribution in [3.05, 3.63) is 54.6 Å². The molecule has 0 saturated heterocycles. The van der Waals surface area contributed by atoms with E-state index in [1.54, 1.807) is 11.8 Å². The Morgan fingerprint density at radius 3 is 2.42 bits per heavy atom. The van der Waals surface area contributed by atoms with Crippen molar-refractivity contribution in [1.29, 1.82) is 0 Å². The molecule has 1 unspecified atom stereocenters. The van der Waals surface area contributed by atoms with Crippen LogP contribution in [0.25, 0.3) is 0 Å². The van der Waals surface area contributed by atoms with Gasteiger partial charge in [-0.2, -0.15) is 0 Å². The highest BCUT2D eigenvalue weighted by Gasteiger charge is 2.17. The summed E-state index contributed by atoms with van der Waals surface area (Å²) in [5.74, 6) is 0.889. The molecule has 1 N–H and O–H groups in total. The minimum atomic E-state index is -0.151. The summed E-state index contributed by atoms with van der Waals surface area (Å²) in [4.78, 5) is 13.4. The summed E-state index contributed by atoms with van der Waals surface area (Å²) in [5, 5.41) is 2.82. The van der Waals surface area contributed by atoms with Crippen LogP contribution in [0.4, 0.5) is 5.69 Å². The van der Waals surface area contributed by atoms with Gasteiger partial charge in [-0.1, -0.05) is 18.2 Å². The van der Waals surface area contributed by atoms with Crippen molar-refractivity contribution in [2.24, 2.45) is 0 Å². The molecule has 0 aliphatic heterocycles. The van der Waals surface area contributed by atoms with E-state index in [9.17, 15) is 4.79 Å². The zero-order valence-electron chi connectivity index (χ0n) is 13.9. The zero-order valence-corrected chi connectivity index (χ0v) is 14.7. The van der Waals surface area contributed by atoms with Gasteiger partial charge in [0.2, 0.25) is 5.91 Å². The molecule has 1 atom stereocenters. The fourth-order valence-corrected chi connectivity index (χ4v) is 3.70. The summed E-state index contributed by atoms with van der Waals surface area (Å²) in [7, 11) is 0. The van der Waals surface area contributed by atoms with Gasteiger partial charge in [0.25, 0.3) is 0 Å². The third-order valence-electron chi connectivity index (χ3n) is 4.15. The van der Waals surface area contributed by atoms with Crippen LogP contribution in [0, 0.1) is 0 Å². The standard InChI is InChI=1S/C20H23NO2S/c1-15(24-19-9-3-2-4-10-19)20(22)21-16-11-13-18(14-12-16)23-17-7-5-6-8-17/h2-4,9-15,17H,5-8H2,1H3,(H,21,22). The molecule has 1 amide bonds. The van der Waals surface area contributed by atoms with E-state index in [0.717, 1.165) is 29.2 Å². The van der Waals surface area contributed by atoms with Crippen LogP contribution in [-0.2, 0) is 4.79 Å². The Hall–Kier alpha value is -1.94. The van der Waals surface area contributed by atoms with Crippen LogP contribution in [0.2, 0.25) is 0 Å². The SMILES string of the molecule is CC(Sc1ccccc1)C(=O)Nc1ccc(OC2CCCC2)cc1. The van der Waals surface area contributed by atoms with E-state index in [4.69, 9.17) is 4.74 Å². The highest BCUT2D eigenvalue weighted by molar-refractivity contribution is 8.00. The first-order chi connectivity index (χ1) is 11.7. The molecule has 0 radical (unpaired) electrons. The van der Waals surface area contributed by atoms with Crippen molar-refractivity contribution in [3.63, 3.8) is 0 Å². The smallest absolute Gasteiger partial charge is 0.237 e. The number of ether oxygens (including phenoxy) is 1. The van der Waals surface area contributed by atoms with Crippen LogP contribution in [0.1, 0.15) is 32.6 Å². The Labute approximate surface area is 147 Å². The molecule has 0 heterocycles. The van der Waals surface area contributed by atoms with E-state index in [2.05, 4.69) is 5.32 Å².